The van der Waals surface area contributed by atoms with Crippen LogP contribution in [0.3, 0.4) is 0 Å². The lowest BCUT2D eigenvalue weighted by Crippen LogP contribution is -2.36. The Kier molecular flexibility index (Phi) is 5.04. The number of hydrogen-bond donors (Lipinski definition) is 2. The molecule has 1 saturated carbocycles. The van der Waals surface area contributed by atoms with Crippen molar-refractivity contribution >= 4 is 11.6 Å². The van der Waals surface area contributed by atoms with Crippen LogP contribution in [0, 0.1) is 6.92 Å². The average Bonchev–Trinajstić information content (AvgIpc) is 2.38. The van der Waals surface area contributed by atoms with E-state index in [1.54, 1.807) is 0 Å². The van der Waals surface area contributed by atoms with Crippen LogP contribution in [0.4, 0.5) is 0 Å². The molecule has 1 fully saturated rings. The molecule has 1 unspecified atom stereocenters. The number of hydrogen-bond acceptors (Lipinski definition) is 2. The molecular weight excluding hydrogens is 246 g/mol. The third kappa shape index (κ3) is 3.47. The molecule has 0 radical (unpaired) electrons. The van der Waals surface area contributed by atoms with Crippen molar-refractivity contribution in [1.82, 2.24) is 5.32 Å². The van der Waals surface area contributed by atoms with Gasteiger partial charge in [-0.25, -0.2) is 0 Å². The van der Waals surface area contributed by atoms with Gasteiger partial charge in [-0.3, -0.25) is 0 Å². The molecule has 3 heteroatoms. The molecule has 0 spiro atoms. The largest absolute Gasteiger partial charge is 0.394 e. The second-order valence-electron chi connectivity index (χ2n) is 5.24. The normalized spacial score (nSPS) is 18.8. The second-order valence-corrected chi connectivity index (χ2v) is 5.67. The molecule has 2 nitrogen and oxygen atoms in total. The first-order valence-electron chi connectivity index (χ1n) is 6.83. The van der Waals surface area contributed by atoms with Crippen LogP contribution in [0.1, 0.15) is 49.3 Å². The lowest BCUT2D eigenvalue weighted by Gasteiger charge is -2.28. The van der Waals surface area contributed by atoms with Crippen molar-refractivity contribution in [3.8, 4) is 0 Å². The highest BCUT2D eigenvalue weighted by Gasteiger charge is 2.19. The average molecular weight is 268 g/mol. The van der Waals surface area contributed by atoms with Gasteiger partial charge in [0.15, 0.2) is 0 Å². The van der Waals surface area contributed by atoms with Gasteiger partial charge in [-0.1, -0.05) is 36.9 Å². The Hall–Kier alpha value is -0.570. The van der Waals surface area contributed by atoms with E-state index >= 15 is 0 Å². The Morgan fingerprint density at radius 2 is 2.06 bits per heavy atom. The summed E-state index contributed by atoms with van der Waals surface area (Å²) in [7, 11) is 0. The fourth-order valence-electron chi connectivity index (χ4n) is 2.82. The van der Waals surface area contributed by atoms with E-state index in [-0.39, 0.29) is 12.6 Å². The van der Waals surface area contributed by atoms with Crippen LogP contribution in [-0.2, 0) is 0 Å². The van der Waals surface area contributed by atoms with Crippen LogP contribution in [0.15, 0.2) is 18.2 Å². The minimum absolute atomic E-state index is 0.0327. The molecule has 0 aromatic heterocycles. The topological polar surface area (TPSA) is 32.3 Å². The minimum Gasteiger partial charge on any atom is -0.394 e. The number of aliphatic hydroxyl groups is 1. The SMILES string of the molecule is Cc1cc(Cl)ccc1C(CO)NC1CCCCC1. The molecule has 2 N–H and O–H groups in total. The van der Waals surface area contributed by atoms with Crippen molar-refractivity contribution in [3.05, 3.63) is 34.3 Å². The lowest BCUT2D eigenvalue weighted by atomic mass is 9.93. The van der Waals surface area contributed by atoms with E-state index in [4.69, 9.17) is 11.6 Å². The minimum atomic E-state index is 0.0327. The Balaban J connectivity index is 2.07. The Labute approximate surface area is 114 Å². The molecule has 18 heavy (non-hydrogen) atoms. The maximum atomic E-state index is 9.61. The van der Waals surface area contributed by atoms with Gasteiger partial charge < -0.3 is 10.4 Å². The fraction of sp³-hybridized carbons (Fsp3) is 0.600. The van der Waals surface area contributed by atoms with Crippen LogP contribution >= 0.6 is 11.6 Å². The third-order valence-electron chi connectivity index (χ3n) is 3.83. The summed E-state index contributed by atoms with van der Waals surface area (Å²) in [6, 6.07) is 6.46. The van der Waals surface area contributed by atoms with Gasteiger partial charge in [-0.05, 0) is 43.0 Å². The van der Waals surface area contributed by atoms with E-state index in [1.165, 1.54) is 32.1 Å². The van der Waals surface area contributed by atoms with Crippen molar-refractivity contribution in [2.75, 3.05) is 6.61 Å². The monoisotopic (exact) mass is 267 g/mol. The molecule has 100 valence electrons. The van der Waals surface area contributed by atoms with E-state index < -0.39 is 0 Å². The maximum absolute atomic E-state index is 9.61. The summed E-state index contributed by atoms with van der Waals surface area (Å²) >= 11 is 5.97. The summed E-state index contributed by atoms with van der Waals surface area (Å²) in [4.78, 5) is 0. The molecular formula is C15H22ClNO. The van der Waals surface area contributed by atoms with Crippen molar-refractivity contribution in [3.63, 3.8) is 0 Å². The molecule has 1 aromatic carbocycles. The summed E-state index contributed by atoms with van der Waals surface area (Å²) in [5.41, 5.74) is 2.30. The fourth-order valence-corrected chi connectivity index (χ4v) is 3.05. The van der Waals surface area contributed by atoms with E-state index in [0.29, 0.717) is 6.04 Å². The third-order valence-corrected chi connectivity index (χ3v) is 4.07. The van der Waals surface area contributed by atoms with Crippen molar-refractivity contribution < 1.29 is 5.11 Å². The predicted molar refractivity (Wildman–Crippen MR) is 76.0 cm³/mol. The van der Waals surface area contributed by atoms with E-state index in [2.05, 4.69) is 5.32 Å². The zero-order chi connectivity index (χ0) is 13.0. The first-order valence-corrected chi connectivity index (χ1v) is 7.21. The van der Waals surface area contributed by atoms with Crippen molar-refractivity contribution in [1.29, 1.82) is 0 Å². The molecule has 0 aliphatic heterocycles. The van der Waals surface area contributed by atoms with Gasteiger partial charge in [-0.2, -0.15) is 0 Å². The number of halogens is 1. The molecule has 1 aliphatic carbocycles. The van der Waals surface area contributed by atoms with Crippen molar-refractivity contribution in [2.24, 2.45) is 0 Å². The molecule has 2 rings (SSSR count). The first-order chi connectivity index (χ1) is 8.70. The number of benzene rings is 1. The summed E-state index contributed by atoms with van der Waals surface area (Å²) in [6.07, 6.45) is 6.40. The van der Waals surface area contributed by atoms with E-state index in [1.807, 2.05) is 25.1 Å². The molecule has 1 aliphatic rings. The zero-order valence-corrected chi connectivity index (χ0v) is 11.7. The predicted octanol–water partition coefficient (Wildman–Crippen LogP) is 3.60. The molecule has 0 saturated heterocycles. The standard InChI is InChI=1S/C15H22ClNO/c1-11-9-12(16)7-8-14(11)15(10-18)17-13-5-3-2-4-6-13/h7-9,13,15,17-18H,2-6,10H2,1H3. The van der Waals surface area contributed by atoms with Gasteiger partial charge in [-0.15, -0.1) is 0 Å². The molecule has 1 atom stereocenters. The Morgan fingerprint density at radius 3 is 2.67 bits per heavy atom. The second kappa shape index (κ2) is 6.55. The van der Waals surface area contributed by atoms with Crippen molar-refractivity contribution in [2.45, 2.75) is 51.1 Å². The molecule has 0 heterocycles. The summed E-state index contributed by atoms with van der Waals surface area (Å²) < 4.78 is 0. The Morgan fingerprint density at radius 1 is 1.33 bits per heavy atom. The Bertz CT molecular complexity index is 388. The van der Waals surface area contributed by atoms with Gasteiger partial charge in [0, 0.05) is 11.1 Å². The first kappa shape index (κ1) is 13.9. The van der Waals surface area contributed by atoms with Crippen LogP contribution < -0.4 is 5.32 Å². The highest BCUT2D eigenvalue weighted by Crippen LogP contribution is 2.24. The quantitative estimate of drug-likeness (QED) is 0.874. The number of aliphatic hydroxyl groups excluding tert-OH is 1. The van der Waals surface area contributed by atoms with E-state index in [0.717, 1.165) is 16.1 Å². The molecule has 0 amide bonds. The number of nitrogens with one attached hydrogen (secondary N) is 1. The smallest absolute Gasteiger partial charge is 0.0626 e. The number of rotatable bonds is 4. The summed E-state index contributed by atoms with van der Waals surface area (Å²) in [6.45, 7) is 2.19. The van der Waals surface area contributed by atoms with Gasteiger partial charge >= 0.3 is 0 Å². The number of aryl methyl sites for hydroxylation is 1. The summed E-state index contributed by atoms with van der Waals surface area (Å²) in [5, 5.41) is 14.0. The van der Waals surface area contributed by atoms with Crippen LogP contribution in [0.5, 0.6) is 0 Å². The zero-order valence-electron chi connectivity index (χ0n) is 11.0. The highest BCUT2D eigenvalue weighted by atomic mass is 35.5. The molecule has 0 bridgehead atoms. The van der Waals surface area contributed by atoms with Gasteiger partial charge in [0.25, 0.3) is 0 Å². The summed E-state index contributed by atoms with van der Waals surface area (Å²) in [5.74, 6) is 0. The van der Waals surface area contributed by atoms with Crippen LogP contribution in [0.25, 0.3) is 0 Å². The highest BCUT2D eigenvalue weighted by molar-refractivity contribution is 6.30. The van der Waals surface area contributed by atoms with E-state index in [9.17, 15) is 5.11 Å². The van der Waals surface area contributed by atoms with Gasteiger partial charge in [0.05, 0.1) is 12.6 Å². The maximum Gasteiger partial charge on any atom is 0.0626 e. The van der Waals surface area contributed by atoms with Gasteiger partial charge in [0.2, 0.25) is 0 Å². The van der Waals surface area contributed by atoms with Gasteiger partial charge in [0.1, 0.15) is 0 Å². The lowest BCUT2D eigenvalue weighted by molar-refractivity contribution is 0.220. The van der Waals surface area contributed by atoms with Crippen LogP contribution in [-0.4, -0.2) is 17.8 Å². The van der Waals surface area contributed by atoms with Crippen LogP contribution in [0.2, 0.25) is 5.02 Å². The molecule has 1 aromatic rings.